The molecule has 0 spiro atoms. The second kappa shape index (κ2) is 8.71. The van der Waals surface area contributed by atoms with Crippen molar-refractivity contribution in [3.8, 4) is 0 Å². The summed E-state index contributed by atoms with van der Waals surface area (Å²) in [6.45, 7) is 2.02. The van der Waals surface area contributed by atoms with Crippen molar-refractivity contribution in [2.75, 3.05) is 11.9 Å². The number of anilines is 1. The van der Waals surface area contributed by atoms with Crippen LogP contribution in [0.25, 0.3) is 11.0 Å². The second-order valence-electron chi connectivity index (χ2n) is 6.18. The minimum absolute atomic E-state index is 0.128. The predicted molar refractivity (Wildman–Crippen MR) is 114 cm³/mol. The third-order valence-electron chi connectivity index (χ3n) is 4.14. The van der Waals surface area contributed by atoms with E-state index in [1.807, 2.05) is 18.2 Å². The molecular weight excluding hydrogens is 402 g/mol. The Morgan fingerprint density at radius 3 is 2.83 bits per heavy atom. The molecule has 150 valence electrons. The van der Waals surface area contributed by atoms with E-state index in [1.54, 1.807) is 54.9 Å². The molecule has 30 heavy (non-hydrogen) atoms. The van der Waals surface area contributed by atoms with Crippen LogP contribution in [0.5, 0.6) is 0 Å². The number of rotatable bonds is 5. The molecule has 0 aliphatic rings. The number of para-hydroxylation sites is 1. The van der Waals surface area contributed by atoms with E-state index in [1.165, 1.54) is 11.3 Å². The molecule has 8 heteroatoms. The Hall–Kier alpha value is -3.78. The van der Waals surface area contributed by atoms with Crippen molar-refractivity contribution in [2.24, 2.45) is 4.99 Å². The molecule has 7 nitrogen and oxygen atoms in total. The third-order valence-corrected chi connectivity index (χ3v) is 4.83. The number of nitrogens with one attached hydrogen (secondary N) is 1. The highest BCUT2D eigenvalue weighted by molar-refractivity contribution is 7.13. The highest BCUT2D eigenvalue weighted by Crippen LogP contribution is 2.18. The number of nitrogens with zero attached hydrogens (tertiary/aromatic N) is 2. The van der Waals surface area contributed by atoms with E-state index in [4.69, 9.17) is 9.15 Å². The van der Waals surface area contributed by atoms with Crippen LogP contribution >= 0.6 is 11.3 Å². The Balaban J connectivity index is 1.81. The number of esters is 1. The molecule has 0 saturated heterocycles. The van der Waals surface area contributed by atoms with Gasteiger partial charge in [-0.25, -0.2) is 14.8 Å². The number of aromatic nitrogens is 1. The number of thiazole rings is 1. The Kier molecular flexibility index (Phi) is 5.67. The number of carbonyl (C=O) groups excluding carboxylic acids is 2. The summed E-state index contributed by atoms with van der Waals surface area (Å²) in [6.07, 6.45) is 1.61. The molecule has 0 radical (unpaired) electrons. The SMILES string of the molecule is CCOC(=O)c1cccc(N=c2oc3ccccc3cc2C(=O)Nc2nccs2)c1. The molecule has 2 aromatic carbocycles. The second-order valence-corrected chi connectivity index (χ2v) is 7.07. The van der Waals surface area contributed by atoms with Crippen LogP contribution in [-0.4, -0.2) is 23.5 Å². The molecule has 0 aliphatic heterocycles. The van der Waals surface area contributed by atoms with Crippen LogP contribution in [0.15, 0.2) is 75.6 Å². The van der Waals surface area contributed by atoms with E-state index < -0.39 is 5.97 Å². The standard InChI is InChI=1S/C22H17N3O4S/c1-2-28-21(27)15-7-5-8-16(12-15)24-20-17(19(26)25-22-23-10-11-30-22)13-14-6-3-4-9-18(14)29-20/h3-13H,2H2,1H3,(H,23,25,26). The van der Waals surface area contributed by atoms with E-state index in [-0.39, 0.29) is 23.6 Å². The summed E-state index contributed by atoms with van der Waals surface area (Å²) in [5.41, 5.74) is 1.80. The molecule has 0 bridgehead atoms. The number of hydrogen-bond donors (Lipinski definition) is 1. The van der Waals surface area contributed by atoms with Gasteiger partial charge < -0.3 is 9.15 Å². The van der Waals surface area contributed by atoms with Crippen molar-refractivity contribution in [1.82, 2.24) is 4.98 Å². The van der Waals surface area contributed by atoms with Crippen LogP contribution in [0.2, 0.25) is 0 Å². The normalized spacial score (nSPS) is 11.4. The van der Waals surface area contributed by atoms with Crippen LogP contribution in [-0.2, 0) is 4.74 Å². The summed E-state index contributed by atoms with van der Waals surface area (Å²) in [5.74, 6) is -0.827. The molecule has 2 aromatic heterocycles. The lowest BCUT2D eigenvalue weighted by Gasteiger charge is -2.05. The van der Waals surface area contributed by atoms with Gasteiger partial charge in [0.15, 0.2) is 5.13 Å². The van der Waals surface area contributed by atoms with E-state index >= 15 is 0 Å². The van der Waals surface area contributed by atoms with Gasteiger partial charge in [-0.15, -0.1) is 11.3 Å². The van der Waals surface area contributed by atoms with E-state index in [2.05, 4.69) is 15.3 Å². The molecule has 1 N–H and O–H groups in total. The highest BCUT2D eigenvalue weighted by Gasteiger charge is 2.14. The first kappa shape index (κ1) is 19.5. The zero-order valence-electron chi connectivity index (χ0n) is 16.0. The Labute approximate surface area is 175 Å². The minimum atomic E-state index is -0.438. The largest absolute Gasteiger partial charge is 0.462 e. The van der Waals surface area contributed by atoms with Crippen LogP contribution < -0.4 is 10.9 Å². The summed E-state index contributed by atoms with van der Waals surface area (Å²) in [6, 6.07) is 15.7. The molecular formula is C22H17N3O4S. The fraction of sp³-hybridized carbons (Fsp3) is 0.0909. The van der Waals surface area contributed by atoms with E-state index in [0.29, 0.717) is 22.0 Å². The van der Waals surface area contributed by atoms with Crippen LogP contribution in [0.4, 0.5) is 10.8 Å². The number of carbonyl (C=O) groups is 2. The Morgan fingerprint density at radius 1 is 1.17 bits per heavy atom. The summed E-state index contributed by atoms with van der Waals surface area (Å²) in [4.78, 5) is 33.5. The number of hydrogen-bond acceptors (Lipinski definition) is 7. The number of fused-ring (bicyclic) bond motifs is 1. The van der Waals surface area contributed by atoms with Gasteiger partial charge in [-0.2, -0.15) is 0 Å². The molecule has 2 heterocycles. The molecule has 1 amide bonds. The summed E-state index contributed by atoms with van der Waals surface area (Å²) >= 11 is 1.31. The maximum absolute atomic E-state index is 12.9. The molecule has 0 saturated carbocycles. The monoisotopic (exact) mass is 419 g/mol. The lowest BCUT2D eigenvalue weighted by molar-refractivity contribution is 0.0526. The molecule has 0 atom stereocenters. The number of benzene rings is 2. The first-order valence-corrected chi connectivity index (χ1v) is 10.1. The van der Waals surface area contributed by atoms with Crippen molar-refractivity contribution in [3.63, 3.8) is 0 Å². The zero-order valence-corrected chi connectivity index (χ0v) is 16.8. The van der Waals surface area contributed by atoms with Crippen molar-refractivity contribution >= 4 is 45.0 Å². The van der Waals surface area contributed by atoms with Crippen molar-refractivity contribution in [3.05, 3.63) is 82.9 Å². The topological polar surface area (TPSA) is 93.8 Å². The number of amides is 1. The van der Waals surface area contributed by atoms with Crippen molar-refractivity contribution in [2.45, 2.75) is 6.92 Å². The third kappa shape index (κ3) is 4.28. The lowest BCUT2D eigenvalue weighted by Crippen LogP contribution is -2.21. The van der Waals surface area contributed by atoms with Crippen molar-refractivity contribution < 1.29 is 18.7 Å². The summed E-state index contributed by atoms with van der Waals surface area (Å²) in [7, 11) is 0. The molecule has 4 aromatic rings. The van der Waals surface area contributed by atoms with Gasteiger partial charge in [0.25, 0.3) is 5.91 Å². The van der Waals surface area contributed by atoms with Gasteiger partial charge in [0.2, 0.25) is 5.55 Å². The molecule has 0 fully saturated rings. The summed E-state index contributed by atoms with van der Waals surface area (Å²) < 4.78 is 11.0. The first-order valence-electron chi connectivity index (χ1n) is 9.19. The Morgan fingerprint density at radius 2 is 2.03 bits per heavy atom. The minimum Gasteiger partial charge on any atom is -0.462 e. The Bertz CT molecular complexity index is 1280. The fourth-order valence-corrected chi connectivity index (χ4v) is 3.32. The highest BCUT2D eigenvalue weighted by atomic mass is 32.1. The maximum atomic E-state index is 12.9. The van der Waals surface area contributed by atoms with E-state index in [0.717, 1.165) is 5.39 Å². The molecule has 0 aliphatic carbocycles. The average molecular weight is 419 g/mol. The maximum Gasteiger partial charge on any atom is 0.338 e. The summed E-state index contributed by atoms with van der Waals surface area (Å²) in [5, 5.41) is 5.76. The van der Waals surface area contributed by atoms with Gasteiger partial charge in [-0.1, -0.05) is 24.3 Å². The smallest absolute Gasteiger partial charge is 0.338 e. The van der Waals surface area contributed by atoms with Crippen LogP contribution in [0.3, 0.4) is 0 Å². The van der Waals surface area contributed by atoms with Crippen LogP contribution in [0, 0.1) is 0 Å². The van der Waals surface area contributed by atoms with Gasteiger partial charge >= 0.3 is 5.97 Å². The predicted octanol–water partition coefficient (Wildman–Crippen LogP) is 4.55. The van der Waals surface area contributed by atoms with Crippen molar-refractivity contribution in [1.29, 1.82) is 0 Å². The molecule has 4 rings (SSSR count). The van der Waals surface area contributed by atoms with Gasteiger partial charge in [0.1, 0.15) is 11.1 Å². The van der Waals surface area contributed by atoms with Crippen LogP contribution in [0.1, 0.15) is 27.6 Å². The average Bonchev–Trinajstić information content (AvgIpc) is 3.26. The lowest BCUT2D eigenvalue weighted by atomic mass is 10.1. The first-order chi connectivity index (χ1) is 14.6. The van der Waals surface area contributed by atoms with Gasteiger partial charge in [-0.3, -0.25) is 10.1 Å². The quantitative estimate of drug-likeness (QED) is 0.479. The van der Waals surface area contributed by atoms with E-state index in [9.17, 15) is 9.59 Å². The molecule has 0 unspecified atom stereocenters. The number of ether oxygens (including phenoxy) is 1. The van der Waals surface area contributed by atoms with Gasteiger partial charge in [0, 0.05) is 17.0 Å². The fourth-order valence-electron chi connectivity index (χ4n) is 2.80. The zero-order chi connectivity index (χ0) is 20.9. The van der Waals surface area contributed by atoms with Gasteiger partial charge in [0.05, 0.1) is 17.9 Å². The van der Waals surface area contributed by atoms with Gasteiger partial charge in [-0.05, 0) is 37.3 Å².